The molecule has 0 spiro atoms. The highest BCUT2D eigenvalue weighted by Gasteiger charge is 2.16. The lowest BCUT2D eigenvalue weighted by Gasteiger charge is -2.09. The monoisotopic (exact) mass is 414 g/mol. The van der Waals surface area contributed by atoms with Gasteiger partial charge in [-0.1, -0.05) is 30.7 Å². The molecular weight excluding hydrogens is 392 g/mol. The number of aryl methyl sites for hydroxylation is 3. The number of nitrogens with one attached hydrogen (secondary N) is 1. The third-order valence-corrected chi connectivity index (χ3v) is 6.98. The highest BCUT2D eigenvalue weighted by molar-refractivity contribution is 7.91. The van der Waals surface area contributed by atoms with Crippen LogP contribution in [0.5, 0.6) is 0 Å². The Morgan fingerprint density at radius 3 is 2.43 bits per heavy atom. The van der Waals surface area contributed by atoms with Gasteiger partial charge < -0.3 is 0 Å². The van der Waals surface area contributed by atoms with Crippen LogP contribution in [0.3, 0.4) is 0 Å². The molecule has 1 heterocycles. The first kappa shape index (κ1) is 20.2. The highest BCUT2D eigenvalue weighted by atomic mass is 32.2. The minimum absolute atomic E-state index is 0.0107. The predicted octanol–water partition coefficient (Wildman–Crippen LogP) is 4.78. The molecule has 28 heavy (non-hydrogen) atoms. The summed E-state index contributed by atoms with van der Waals surface area (Å²) in [5, 5.41) is 5.16. The van der Waals surface area contributed by atoms with Crippen molar-refractivity contribution in [2.24, 2.45) is 0 Å². The SMILES string of the molecule is CCS(=O)(=O)c1cccc(C(=O)Nc2nc(-c3c(C)cc(C)cc3C)cs2)c1. The van der Waals surface area contributed by atoms with Crippen molar-refractivity contribution in [3.05, 3.63) is 64.0 Å². The van der Waals surface area contributed by atoms with Crippen LogP contribution in [-0.4, -0.2) is 25.1 Å². The van der Waals surface area contributed by atoms with E-state index in [0.717, 1.165) is 22.4 Å². The first-order valence-corrected chi connectivity index (χ1v) is 11.4. The summed E-state index contributed by atoms with van der Waals surface area (Å²) in [7, 11) is -3.37. The minimum atomic E-state index is -3.37. The summed E-state index contributed by atoms with van der Waals surface area (Å²) in [6.07, 6.45) is 0. The Labute approximate surface area is 169 Å². The Bertz CT molecular complexity index is 1120. The van der Waals surface area contributed by atoms with Gasteiger partial charge in [-0.2, -0.15) is 0 Å². The number of benzene rings is 2. The van der Waals surface area contributed by atoms with Gasteiger partial charge in [0.1, 0.15) is 0 Å². The first-order valence-electron chi connectivity index (χ1n) is 8.89. The molecule has 5 nitrogen and oxygen atoms in total. The molecule has 0 atom stereocenters. The molecule has 0 radical (unpaired) electrons. The summed E-state index contributed by atoms with van der Waals surface area (Å²) in [4.78, 5) is 17.3. The molecule has 2 aromatic carbocycles. The molecule has 0 fully saturated rings. The Balaban J connectivity index is 1.85. The molecule has 0 unspecified atom stereocenters. The van der Waals surface area contributed by atoms with Gasteiger partial charge in [0.15, 0.2) is 15.0 Å². The summed E-state index contributed by atoms with van der Waals surface area (Å²) in [6, 6.07) is 10.3. The number of amides is 1. The lowest BCUT2D eigenvalue weighted by Crippen LogP contribution is -2.13. The van der Waals surface area contributed by atoms with Crippen LogP contribution in [0.25, 0.3) is 11.3 Å². The molecule has 0 aliphatic heterocycles. The first-order chi connectivity index (χ1) is 13.2. The van der Waals surface area contributed by atoms with Crippen LogP contribution in [-0.2, 0) is 9.84 Å². The number of carbonyl (C=O) groups is 1. The van der Waals surface area contributed by atoms with Gasteiger partial charge in [-0.3, -0.25) is 10.1 Å². The largest absolute Gasteiger partial charge is 0.298 e. The maximum atomic E-state index is 12.6. The third-order valence-electron chi connectivity index (χ3n) is 4.49. The topological polar surface area (TPSA) is 76.1 Å². The van der Waals surface area contributed by atoms with Crippen molar-refractivity contribution in [3.8, 4) is 11.3 Å². The molecule has 1 aromatic heterocycles. The van der Waals surface area contributed by atoms with Crippen LogP contribution >= 0.6 is 11.3 Å². The van der Waals surface area contributed by atoms with Crippen molar-refractivity contribution in [2.75, 3.05) is 11.1 Å². The van der Waals surface area contributed by atoms with Gasteiger partial charge >= 0.3 is 0 Å². The van der Waals surface area contributed by atoms with Crippen LogP contribution in [0, 0.1) is 20.8 Å². The summed E-state index contributed by atoms with van der Waals surface area (Å²) < 4.78 is 24.1. The number of hydrogen-bond donors (Lipinski definition) is 1. The Hall–Kier alpha value is -2.51. The van der Waals surface area contributed by atoms with Crippen LogP contribution in [0.1, 0.15) is 34.0 Å². The third kappa shape index (κ3) is 4.15. The fourth-order valence-corrected chi connectivity index (χ4v) is 4.82. The number of rotatable bonds is 5. The highest BCUT2D eigenvalue weighted by Crippen LogP contribution is 2.31. The number of thiazole rings is 1. The maximum Gasteiger partial charge on any atom is 0.257 e. The van der Waals surface area contributed by atoms with Gasteiger partial charge in [-0.05, 0) is 50.1 Å². The van der Waals surface area contributed by atoms with Gasteiger partial charge in [0.05, 0.1) is 16.3 Å². The predicted molar refractivity (Wildman–Crippen MR) is 114 cm³/mol. The number of hydrogen-bond acceptors (Lipinski definition) is 5. The molecule has 0 aliphatic rings. The smallest absolute Gasteiger partial charge is 0.257 e. The second-order valence-electron chi connectivity index (χ2n) is 6.70. The maximum absolute atomic E-state index is 12.6. The van der Waals surface area contributed by atoms with Crippen LogP contribution < -0.4 is 5.32 Å². The standard InChI is InChI=1S/C21H22N2O3S2/c1-5-28(25,26)17-8-6-7-16(11-17)20(24)23-21-22-18(12-27-21)19-14(3)9-13(2)10-15(19)4/h6-12H,5H2,1-4H3,(H,22,23,24). The van der Waals surface area contributed by atoms with E-state index in [-0.39, 0.29) is 22.1 Å². The molecule has 0 saturated carbocycles. The second kappa shape index (κ2) is 7.85. The van der Waals surface area contributed by atoms with Crippen molar-refractivity contribution in [3.63, 3.8) is 0 Å². The molecule has 0 bridgehead atoms. The van der Waals surface area contributed by atoms with E-state index in [1.807, 2.05) is 19.2 Å². The summed E-state index contributed by atoms with van der Waals surface area (Å²) in [5.74, 6) is -0.394. The van der Waals surface area contributed by atoms with Crippen molar-refractivity contribution >= 4 is 32.2 Å². The zero-order valence-corrected chi connectivity index (χ0v) is 17.9. The van der Waals surface area contributed by atoms with Gasteiger partial charge in [0.25, 0.3) is 5.91 Å². The molecule has 0 aliphatic carbocycles. The van der Waals surface area contributed by atoms with E-state index in [1.54, 1.807) is 19.1 Å². The van der Waals surface area contributed by atoms with Gasteiger partial charge in [-0.25, -0.2) is 13.4 Å². The van der Waals surface area contributed by atoms with Crippen LogP contribution in [0.2, 0.25) is 0 Å². The molecule has 3 aromatic rings. The summed E-state index contributed by atoms with van der Waals surface area (Å²) in [6.45, 7) is 7.73. The normalized spacial score (nSPS) is 11.4. The molecule has 0 saturated heterocycles. The zero-order chi connectivity index (χ0) is 20.5. The fraction of sp³-hybridized carbons (Fsp3) is 0.238. The van der Waals surface area contributed by atoms with Gasteiger partial charge in [0, 0.05) is 16.5 Å². The van der Waals surface area contributed by atoms with E-state index in [9.17, 15) is 13.2 Å². The number of carbonyl (C=O) groups excluding carboxylic acids is 1. The number of aromatic nitrogens is 1. The molecule has 7 heteroatoms. The second-order valence-corrected chi connectivity index (χ2v) is 9.83. The zero-order valence-electron chi connectivity index (χ0n) is 16.2. The van der Waals surface area contributed by atoms with E-state index in [0.29, 0.717) is 5.13 Å². The fourth-order valence-electron chi connectivity index (χ4n) is 3.20. The minimum Gasteiger partial charge on any atom is -0.298 e. The van der Waals surface area contributed by atoms with Crippen molar-refractivity contribution in [2.45, 2.75) is 32.6 Å². The van der Waals surface area contributed by atoms with Crippen LogP contribution in [0.15, 0.2) is 46.7 Å². The Kier molecular flexibility index (Phi) is 5.67. The molecular formula is C21H22N2O3S2. The van der Waals surface area contributed by atoms with E-state index in [1.165, 1.54) is 29.0 Å². The number of sulfone groups is 1. The van der Waals surface area contributed by atoms with Crippen molar-refractivity contribution in [1.82, 2.24) is 4.98 Å². The molecule has 3 rings (SSSR count). The molecule has 1 amide bonds. The lowest BCUT2D eigenvalue weighted by atomic mass is 9.98. The lowest BCUT2D eigenvalue weighted by molar-refractivity contribution is 0.102. The van der Waals surface area contributed by atoms with E-state index >= 15 is 0 Å². The Morgan fingerprint density at radius 1 is 1.11 bits per heavy atom. The number of nitrogens with zero attached hydrogens (tertiary/aromatic N) is 1. The molecule has 1 N–H and O–H groups in total. The molecule has 146 valence electrons. The van der Waals surface area contributed by atoms with Crippen molar-refractivity contribution < 1.29 is 13.2 Å². The van der Waals surface area contributed by atoms with E-state index in [4.69, 9.17) is 0 Å². The summed E-state index contributed by atoms with van der Waals surface area (Å²) in [5.41, 5.74) is 5.64. The number of anilines is 1. The van der Waals surface area contributed by atoms with E-state index < -0.39 is 9.84 Å². The Morgan fingerprint density at radius 2 is 1.79 bits per heavy atom. The average molecular weight is 415 g/mol. The van der Waals surface area contributed by atoms with Gasteiger partial charge in [-0.15, -0.1) is 11.3 Å². The average Bonchev–Trinajstić information content (AvgIpc) is 3.08. The van der Waals surface area contributed by atoms with Gasteiger partial charge in [0.2, 0.25) is 0 Å². The quantitative estimate of drug-likeness (QED) is 0.652. The summed E-state index contributed by atoms with van der Waals surface area (Å²) >= 11 is 1.34. The van der Waals surface area contributed by atoms with E-state index in [2.05, 4.69) is 29.4 Å². The van der Waals surface area contributed by atoms with Crippen LogP contribution in [0.4, 0.5) is 5.13 Å². The van der Waals surface area contributed by atoms with Crippen molar-refractivity contribution in [1.29, 1.82) is 0 Å².